The molecule has 0 fully saturated rings. The average Bonchev–Trinajstić information content (AvgIpc) is 2.73. The minimum Gasteiger partial charge on any atom is -0.508 e. The van der Waals surface area contributed by atoms with Crippen LogP contribution in [0.25, 0.3) is 11.0 Å². The van der Waals surface area contributed by atoms with Crippen molar-refractivity contribution in [2.75, 3.05) is 29.7 Å². The molecular formula is C22H21Cl2N3O4. The van der Waals surface area contributed by atoms with Crippen molar-refractivity contribution in [3.8, 4) is 5.75 Å². The molecule has 0 atom stereocenters. The molecule has 0 bridgehead atoms. The highest BCUT2D eigenvalue weighted by atomic mass is 35.5. The zero-order chi connectivity index (χ0) is 22.2. The van der Waals surface area contributed by atoms with Crippen LogP contribution in [0.3, 0.4) is 0 Å². The monoisotopic (exact) mass is 461 g/mol. The van der Waals surface area contributed by atoms with Gasteiger partial charge in [0.2, 0.25) is 5.91 Å². The number of nitrogens with one attached hydrogen (secondary N) is 1. The van der Waals surface area contributed by atoms with Crippen LogP contribution in [0.15, 0.2) is 62.8 Å². The number of carbonyl (C=O) groups excluding carboxylic acids is 1. The van der Waals surface area contributed by atoms with Crippen LogP contribution in [0.1, 0.15) is 11.1 Å². The summed E-state index contributed by atoms with van der Waals surface area (Å²) >= 11 is 11.7. The van der Waals surface area contributed by atoms with Gasteiger partial charge in [-0.1, -0.05) is 12.1 Å². The molecule has 0 aliphatic heterocycles. The van der Waals surface area contributed by atoms with Gasteiger partial charge in [-0.25, -0.2) is 10.2 Å². The number of hydrogen-bond donors (Lipinski definition) is 2. The van der Waals surface area contributed by atoms with Crippen LogP contribution in [0.5, 0.6) is 5.75 Å². The van der Waals surface area contributed by atoms with Crippen molar-refractivity contribution in [3.63, 3.8) is 0 Å². The zero-order valence-electron chi connectivity index (χ0n) is 16.6. The fourth-order valence-electron chi connectivity index (χ4n) is 3.10. The molecule has 3 rings (SSSR count). The molecule has 0 unspecified atom stereocenters. The second-order valence-corrected chi connectivity index (χ2v) is 7.45. The van der Waals surface area contributed by atoms with Crippen molar-refractivity contribution in [1.29, 1.82) is 0 Å². The molecule has 1 amide bonds. The number of rotatable bonds is 9. The van der Waals surface area contributed by atoms with Crippen molar-refractivity contribution < 1.29 is 14.3 Å². The Morgan fingerprint density at radius 1 is 1.10 bits per heavy atom. The predicted molar refractivity (Wildman–Crippen MR) is 124 cm³/mol. The first-order chi connectivity index (χ1) is 15.0. The normalized spacial score (nSPS) is 11.2. The van der Waals surface area contributed by atoms with Crippen molar-refractivity contribution >= 4 is 52.0 Å². The number of alkyl halides is 2. The number of amides is 1. The maximum absolute atomic E-state index is 12.3. The lowest BCUT2D eigenvalue weighted by molar-refractivity contribution is -0.120. The number of halogens is 2. The van der Waals surface area contributed by atoms with E-state index in [4.69, 9.17) is 27.6 Å². The number of phenolic OH excluding ortho intramolecular Hbond substituents is 1. The maximum atomic E-state index is 12.3. The molecule has 9 heteroatoms. The maximum Gasteiger partial charge on any atom is 0.336 e. The Morgan fingerprint density at radius 3 is 2.48 bits per heavy atom. The molecule has 3 aromatic rings. The third-order valence-corrected chi connectivity index (χ3v) is 4.87. The number of hydrogen-bond acceptors (Lipinski definition) is 6. The Balaban J connectivity index is 1.63. The lowest BCUT2D eigenvalue weighted by Crippen LogP contribution is -2.27. The second kappa shape index (κ2) is 10.8. The van der Waals surface area contributed by atoms with Gasteiger partial charge in [-0.3, -0.25) is 4.79 Å². The van der Waals surface area contributed by atoms with E-state index in [2.05, 4.69) is 15.4 Å². The van der Waals surface area contributed by atoms with Crippen LogP contribution in [0.4, 0.5) is 5.69 Å². The van der Waals surface area contributed by atoms with Gasteiger partial charge in [0.1, 0.15) is 11.3 Å². The highest BCUT2D eigenvalue weighted by Gasteiger charge is 2.10. The lowest BCUT2D eigenvalue weighted by Gasteiger charge is -2.22. The molecule has 0 spiro atoms. The van der Waals surface area contributed by atoms with Crippen molar-refractivity contribution in [2.24, 2.45) is 5.10 Å². The molecule has 0 aliphatic rings. The number of aromatic hydroxyl groups is 1. The summed E-state index contributed by atoms with van der Waals surface area (Å²) in [5, 5.41) is 14.1. The number of phenols is 1. The first-order valence-corrected chi connectivity index (χ1v) is 10.6. The molecule has 2 aromatic carbocycles. The minimum atomic E-state index is -0.595. The molecule has 0 radical (unpaired) electrons. The molecule has 0 aliphatic carbocycles. The molecule has 0 saturated carbocycles. The Hall–Kier alpha value is -3.03. The van der Waals surface area contributed by atoms with Crippen molar-refractivity contribution in [3.05, 3.63) is 70.1 Å². The molecular weight excluding hydrogens is 441 g/mol. The van der Waals surface area contributed by atoms with Crippen LogP contribution >= 0.6 is 23.2 Å². The highest BCUT2D eigenvalue weighted by molar-refractivity contribution is 6.18. The molecule has 31 heavy (non-hydrogen) atoms. The van der Waals surface area contributed by atoms with Gasteiger partial charge >= 0.3 is 5.63 Å². The van der Waals surface area contributed by atoms with Gasteiger partial charge in [0, 0.05) is 48.1 Å². The predicted octanol–water partition coefficient (Wildman–Crippen LogP) is 3.48. The number of fused-ring (bicyclic) bond motifs is 1. The average molecular weight is 462 g/mol. The van der Waals surface area contributed by atoms with E-state index in [9.17, 15) is 14.7 Å². The van der Waals surface area contributed by atoms with E-state index in [1.807, 2.05) is 24.3 Å². The Morgan fingerprint density at radius 2 is 1.81 bits per heavy atom. The van der Waals surface area contributed by atoms with E-state index in [1.54, 1.807) is 6.07 Å². The van der Waals surface area contributed by atoms with E-state index >= 15 is 0 Å². The third-order valence-electron chi connectivity index (χ3n) is 4.53. The summed E-state index contributed by atoms with van der Waals surface area (Å²) in [6.45, 7) is 1.40. The number of hydrazone groups is 1. The topological polar surface area (TPSA) is 95.1 Å². The zero-order valence-corrected chi connectivity index (χ0v) is 18.1. The van der Waals surface area contributed by atoms with E-state index in [0.717, 1.165) is 11.3 Å². The van der Waals surface area contributed by atoms with Gasteiger partial charge in [0.25, 0.3) is 0 Å². The van der Waals surface area contributed by atoms with Crippen molar-refractivity contribution in [2.45, 2.75) is 6.42 Å². The third kappa shape index (κ3) is 6.23. The quantitative estimate of drug-likeness (QED) is 0.220. The van der Waals surface area contributed by atoms with E-state index in [-0.39, 0.29) is 23.7 Å². The van der Waals surface area contributed by atoms with Gasteiger partial charge in [0.15, 0.2) is 0 Å². The van der Waals surface area contributed by atoms with Crippen molar-refractivity contribution in [1.82, 2.24) is 5.43 Å². The molecule has 1 heterocycles. The molecule has 1 aromatic heterocycles. The largest absolute Gasteiger partial charge is 0.508 e. The van der Waals surface area contributed by atoms with E-state index in [1.165, 1.54) is 24.4 Å². The van der Waals surface area contributed by atoms with Crippen LogP contribution in [0, 0.1) is 0 Å². The first-order valence-electron chi connectivity index (χ1n) is 9.55. The fraction of sp³-hybridized carbons (Fsp3) is 0.227. The van der Waals surface area contributed by atoms with E-state index in [0.29, 0.717) is 35.8 Å². The van der Waals surface area contributed by atoms with Gasteiger partial charge in [-0.15, -0.1) is 23.2 Å². The van der Waals surface area contributed by atoms with Gasteiger partial charge in [0.05, 0.1) is 12.6 Å². The summed E-state index contributed by atoms with van der Waals surface area (Å²) in [5.74, 6) is 0.599. The first kappa shape index (κ1) is 22.7. The molecule has 2 N–H and O–H groups in total. The fourth-order valence-corrected chi connectivity index (χ4v) is 3.51. The highest BCUT2D eigenvalue weighted by Crippen LogP contribution is 2.22. The summed E-state index contributed by atoms with van der Waals surface area (Å²) in [7, 11) is 0. The van der Waals surface area contributed by atoms with E-state index < -0.39 is 5.63 Å². The smallest absolute Gasteiger partial charge is 0.336 e. The van der Waals surface area contributed by atoms with Crippen LogP contribution in [-0.2, 0) is 11.2 Å². The van der Waals surface area contributed by atoms with Crippen LogP contribution in [0.2, 0.25) is 0 Å². The summed E-state index contributed by atoms with van der Waals surface area (Å²) in [6.07, 6.45) is 1.47. The molecule has 7 nitrogen and oxygen atoms in total. The summed E-state index contributed by atoms with van der Waals surface area (Å²) < 4.78 is 5.07. The summed E-state index contributed by atoms with van der Waals surface area (Å²) in [4.78, 5) is 26.1. The Labute approximate surface area is 188 Å². The van der Waals surface area contributed by atoms with Gasteiger partial charge in [-0.2, -0.15) is 5.10 Å². The number of nitrogens with zero attached hydrogens (tertiary/aromatic N) is 2. The van der Waals surface area contributed by atoms with Crippen LogP contribution < -0.4 is 16.0 Å². The Bertz CT molecular complexity index is 1120. The summed E-state index contributed by atoms with van der Waals surface area (Å²) in [5.41, 5.74) is 4.38. The standard InChI is InChI=1S/C22H21Cl2N3O4/c23-7-9-27(10-8-24)17-3-1-15(2-4-17)14-25-26-21(29)11-16-12-22(30)31-20-13-18(28)5-6-19(16)20/h1-6,12-14,28H,7-11H2,(H,26,29)/b25-14-. The van der Waals surface area contributed by atoms with Crippen LogP contribution in [-0.4, -0.2) is 42.1 Å². The summed E-state index contributed by atoms with van der Waals surface area (Å²) in [6, 6.07) is 13.3. The molecule has 0 saturated heterocycles. The number of benzene rings is 2. The number of carbonyl (C=O) groups is 1. The SMILES string of the molecule is O=C(Cc1cc(=O)oc2cc(O)ccc12)N/N=C\c1ccc(N(CCCl)CCCl)cc1. The Kier molecular flexibility index (Phi) is 7.92. The molecule has 162 valence electrons. The second-order valence-electron chi connectivity index (χ2n) is 6.70. The van der Waals surface area contributed by atoms with Gasteiger partial charge < -0.3 is 14.4 Å². The van der Waals surface area contributed by atoms with Gasteiger partial charge in [-0.05, 0) is 35.4 Å². The minimum absolute atomic E-state index is 0.0266. The lowest BCUT2D eigenvalue weighted by atomic mass is 10.1. The number of anilines is 1.